The van der Waals surface area contributed by atoms with Crippen LogP contribution < -0.4 is 5.73 Å². The lowest BCUT2D eigenvalue weighted by Gasteiger charge is -2.15. The van der Waals surface area contributed by atoms with Gasteiger partial charge < -0.3 is 10.6 Å². The first-order chi connectivity index (χ1) is 16.4. The minimum absolute atomic E-state index is 0.0612. The third-order valence-corrected chi connectivity index (χ3v) is 6.75. The number of hydrogen-bond acceptors (Lipinski definition) is 5. The molecule has 7 heteroatoms. The topological polar surface area (TPSA) is 98.3 Å². The van der Waals surface area contributed by atoms with Crippen molar-refractivity contribution in [1.29, 1.82) is 0 Å². The third kappa shape index (κ3) is 4.25. The van der Waals surface area contributed by atoms with Crippen molar-refractivity contribution in [3.05, 3.63) is 76.7 Å². The molecule has 1 saturated carbocycles. The zero-order chi connectivity index (χ0) is 23.8. The van der Waals surface area contributed by atoms with Gasteiger partial charge in [0.25, 0.3) is 5.91 Å². The smallest absolute Gasteiger partial charge is 0.253 e. The molecule has 0 spiro atoms. The lowest BCUT2D eigenvalue weighted by molar-refractivity contribution is 0.0792. The molecule has 2 aromatic carbocycles. The fourth-order valence-electron chi connectivity index (χ4n) is 4.50. The molecular weight excluding hydrogens is 428 g/mol. The van der Waals surface area contributed by atoms with Crippen molar-refractivity contribution in [2.75, 3.05) is 18.8 Å². The summed E-state index contributed by atoms with van der Waals surface area (Å²) in [5.74, 6) is 0.433. The monoisotopic (exact) mass is 456 g/mol. The predicted octanol–water partition coefficient (Wildman–Crippen LogP) is 4.21. The van der Waals surface area contributed by atoms with Crippen LogP contribution in [0.2, 0.25) is 0 Å². The van der Waals surface area contributed by atoms with Gasteiger partial charge in [-0.25, -0.2) is 4.98 Å². The van der Waals surface area contributed by atoms with Gasteiger partial charge in [0, 0.05) is 36.2 Å². The number of amides is 1. The minimum Gasteiger partial charge on any atom is -0.383 e. The number of benzene rings is 2. The number of likely N-dealkylation sites (tertiary alicyclic amines) is 1. The molecule has 1 aromatic heterocycles. The summed E-state index contributed by atoms with van der Waals surface area (Å²) in [4.78, 5) is 44.7. The summed E-state index contributed by atoms with van der Waals surface area (Å²) in [6.45, 7) is 3.42. The Bertz CT molecular complexity index is 1280. The van der Waals surface area contributed by atoms with E-state index in [0.717, 1.165) is 50.0 Å². The number of imidazole rings is 1. The van der Waals surface area contributed by atoms with Crippen LogP contribution in [-0.2, 0) is 0 Å². The predicted molar refractivity (Wildman–Crippen MR) is 129 cm³/mol. The number of nitrogens with zero attached hydrogens (tertiary/aromatic N) is 3. The van der Waals surface area contributed by atoms with E-state index in [9.17, 15) is 14.4 Å². The van der Waals surface area contributed by atoms with Gasteiger partial charge in [-0.1, -0.05) is 24.3 Å². The highest BCUT2D eigenvalue weighted by atomic mass is 16.2. The molecule has 1 aliphatic carbocycles. The second-order valence-corrected chi connectivity index (χ2v) is 9.33. The molecule has 3 aromatic rings. The van der Waals surface area contributed by atoms with Crippen LogP contribution >= 0.6 is 0 Å². The first-order valence-corrected chi connectivity index (χ1v) is 11.8. The van der Waals surface area contributed by atoms with Crippen LogP contribution in [0.25, 0.3) is 5.69 Å². The number of ketones is 2. The van der Waals surface area contributed by atoms with Crippen molar-refractivity contribution in [3.63, 3.8) is 0 Å². The number of Topliss-reactive ketones (excluding diaryl/α,β-unsaturated/α-hetero) is 1. The molecule has 7 nitrogen and oxygen atoms in total. The van der Waals surface area contributed by atoms with E-state index in [1.54, 1.807) is 28.8 Å². The summed E-state index contributed by atoms with van der Waals surface area (Å²) in [5.41, 5.74) is 9.64. The molecular formula is C27H28N4O3. The highest BCUT2D eigenvalue weighted by molar-refractivity contribution is 6.11. The van der Waals surface area contributed by atoms with E-state index in [4.69, 9.17) is 5.73 Å². The molecule has 2 heterocycles. The minimum atomic E-state index is -0.342. The fraction of sp³-hybridized carbons (Fsp3) is 0.333. The average molecular weight is 457 g/mol. The number of hydrogen-bond donors (Lipinski definition) is 1. The van der Waals surface area contributed by atoms with Gasteiger partial charge in [-0.2, -0.15) is 0 Å². The molecule has 0 atom stereocenters. The van der Waals surface area contributed by atoms with Gasteiger partial charge in [-0.05, 0) is 62.3 Å². The van der Waals surface area contributed by atoms with E-state index in [1.165, 1.54) is 6.33 Å². The van der Waals surface area contributed by atoms with Crippen molar-refractivity contribution in [1.82, 2.24) is 14.5 Å². The average Bonchev–Trinajstić information content (AvgIpc) is 3.33. The summed E-state index contributed by atoms with van der Waals surface area (Å²) in [5, 5.41) is 0. The van der Waals surface area contributed by atoms with Crippen LogP contribution in [0.1, 0.15) is 74.4 Å². The van der Waals surface area contributed by atoms with Crippen LogP contribution in [0.3, 0.4) is 0 Å². The molecule has 1 saturated heterocycles. The van der Waals surface area contributed by atoms with E-state index in [1.807, 2.05) is 30.0 Å². The lowest BCUT2D eigenvalue weighted by atomic mass is 10.0. The molecule has 5 rings (SSSR count). The van der Waals surface area contributed by atoms with Crippen molar-refractivity contribution in [2.24, 2.45) is 5.92 Å². The first kappa shape index (κ1) is 22.1. The van der Waals surface area contributed by atoms with Crippen molar-refractivity contribution in [2.45, 2.75) is 39.0 Å². The number of carbonyl (C=O) groups excluding carboxylic acids is 3. The van der Waals surface area contributed by atoms with E-state index in [2.05, 4.69) is 4.98 Å². The molecule has 2 aliphatic rings. The van der Waals surface area contributed by atoms with Crippen molar-refractivity contribution in [3.8, 4) is 5.69 Å². The Hall–Kier alpha value is -3.74. The second kappa shape index (κ2) is 8.89. The van der Waals surface area contributed by atoms with Crippen LogP contribution in [-0.4, -0.2) is 45.0 Å². The number of anilines is 1. The molecule has 2 N–H and O–H groups in total. The number of aryl methyl sites for hydroxylation is 1. The summed E-state index contributed by atoms with van der Waals surface area (Å²) in [7, 11) is 0. The number of rotatable bonds is 7. The Kier molecular flexibility index (Phi) is 5.77. The van der Waals surface area contributed by atoms with Gasteiger partial charge in [0.15, 0.2) is 11.5 Å². The standard InChI is InChI=1S/C27H28N4O3/c1-17-7-10-19(23(32)13-18-8-9-18)15-22(17)31-16-29-24(26(31)28)25(33)20-5-4-6-21(14-20)27(34)30-11-2-3-12-30/h4-7,10,14-16,18H,2-3,8-9,11-13,28H2,1H3. The largest absolute Gasteiger partial charge is 0.383 e. The SMILES string of the molecule is Cc1ccc(C(=O)CC2CC2)cc1-n1cnc(C(=O)c2cccc(C(=O)N3CCCC3)c2)c1N. The van der Waals surface area contributed by atoms with Gasteiger partial charge in [0.1, 0.15) is 12.1 Å². The zero-order valence-corrected chi connectivity index (χ0v) is 19.3. The van der Waals surface area contributed by atoms with Crippen molar-refractivity contribution < 1.29 is 14.4 Å². The molecule has 0 unspecified atom stereocenters. The molecule has 34 heavy (non-hydrogen) atoms. The summed E-state index contributed by atoms with van der Waals surface area (Å²) in [6, 6.07) is 12.3. The summed E-state index contributed by atoms with van der Waals surface area (Å²) >= 11 is 0. The first-order valence-electron chi connectivity index (χ1n) is 11.8. The molecule has 0 radical (unpaired) electrons. The Morgan fingerprint density at radius 1 is 1.00 bits per heavy atom. The van der Waals surface area contributed by atoms with Gasteiger partial charge in [0.2, 0.25) is 5.78 Å². The Morgan fingerprint density at radius 3 is 2.47 bits per heavy atom. The fourth-order valence-corrected chi connectivity index (χ4v) is 4.50. The van der Waals surface area contributed by atoms with E-state index in [-0.39, 0.29) is 29.0 Å². The lowest BCUT2D eigenvalue weighted by Crippen LogP contribution is -2.27. The quantitative estimate of drug-likeness (QED) is 0.537. The molecule has 1 amide bonds. The van der Waals surface area contributed by atoms with Crippen LogP contribution in [0.5, 0.6) is 0 Å². The van der Waals surface area contributed by atoms with E-state index >= 15 is 0 Å². The van der Waals surface area contributed by atoms with E-state index < -0.39 is 0 Å². The van der Waals surface area contributed by atoms with Gasteiger partial charge >= 0.3 is 0 Å². The zero-order valence-electron chi connectivity index (χ0n) is 19.3. The summed E-state index contributed by atoms with van der Waals surface area (Å²) in [6.07, 6.45) is 6.33. The van der Waals surface area contributed by atoms with Gasteiger partial charge in [-0.15, -0.1) is 0 Å². The van der Waals surface area contributed by atoms with Crippen molar-refractivity contribution >= 4 is 23.3 Å². The maximum atomic E-state index is 13.3. The van der Waals surface area contributed by atoms with Gasteiger partial charge in [-0.3, -0.25) is 19.0 Å². The summed E-state index contributed by atoms with van der Waals surface area (Å²) < 4.78 is 1.65. The van der Waals surface area contributed by atoms with Crippen LogP contribution in [0.4, 0.5) is 5.82 Å². The van der Waals surface area contributed by atoms with Gasteiger partial charge in [0.05, 0.1) is 5.69 Å². The molecule has 1 aliphatic heterocycles. The molecule has 174 valence electrons. The highest BCUT2D eigenvalue weighted by Gasteiger charge is 2.26. The highest BCUT2D eigenvalue weighted by Crippen LogP contribution is 2.34. The number of carbonyl (C=O) groups is 3. The Morgan fingerprint density at radius 2 is 1.74 bits per heavy atom. The Labute approximate surface area is 198 Å². The third-order valence-electron chi connectivity index (χ3n) is 6.75. The maximum absolute atomic E-state index is 13.3. The molecule has 2 fully saturated rings. The molecule has 0 bridgehead atoms. The second-order valence-electron chi connectivity index (χ2n) is 9.33. The van der Waals surface area contributed by atoms with Crippen LogP contribution in [0, 0.1) is 12.8 Å². The number of nitrogens with two attached hydrogens (primary N) is 1. The normalized spacial score (nSPS) is 15.5. The Balaban J connectivity index is 1.42. The number of aromatic nitrogens is 2. The van der Waals surface area contributed by atoms with Crippen LogP contribution in [0.15, 0.2) is 48.8 Å². The number of nitrogen functional groups attached to an aromatic ring is 1. The van der Waals surface area contributed by atoms with E-state index in [0.29, 0.717) is 29.0 Å². The maximum Gasteiger partial charge on any atom is 0.253 e.